The van der Waals surface area contributed by atoms with Crippen LogP contribution in [0.25, 0.3) is 0 Å². The van der Waals surface area contributed by atoms with Crippen LogP contribution in [0, 0.1) is 0 Å². The van der Waals surface area contributed by atoms with Gasteiger partial charge in [0.25, 0.3) is 0 Å². The molecule has 0 aliphatic rings. The molecule has 1 atom stereocenters. The van der Waals surface area contributed by atoms with Gasteiger partial charge in [-0.3, -0.25) is 13.9 Å². The largest absolute Gasteiger partial charge is 0.497 e. The van der Waals surface area contributed by atoms with E-state index in [-0.39, 0.29) is 18.5 Å². The van der Waals surface area contributed by atoms with E-state index in [4.69, 9.17) is 4.74 Å². The Morgan fingerprint density at radius 3 is 2.32 bits per heavy atom. The third kappa shape index (κ3) is 7.21. The highest BCUT2D eigenvalue weighted by molar-refractivity contribution is 7.92. The molecule has 8 nitrogen and oxygen atoms in total. The Labute approximate surface area is 202 Å². The Hall–Kier alpha value is -3.07. The van der Waals surface area contributed by atoms with Crippen LogP contribution < -0.4 is 14.4 Å². The lowest BCUT2D eigenvalue weighted by Gasteiger charge is -2.32. The van der Waals surface area contributed by atoms with Gasteiger partial charge in [-0.1, -0.05) is 37.3 Å². The number of amides is 2. The molecule has 0 heterocycles. The van der Waals surface area contributed by atoms with Crippen molar-refractivity contribution in [3.8, 4) is 5.75 Å². The summed E-state index contributed by atoms with van der Waals surface area (Å²) >= 11 is 0. The van der Waals surface area contributed by atoms with E-state index in [2.05, 4.69) is 5.32 Å². The standard InChI is InChI=1S/C25H35N3O5S/c1-7-21-12-8-9-14-23(21)28(34(6,31)32)17-24(29)27(19(4)25(30)26-18(2)3)16-20-11-10-13-22(15-20)33-5/h8-15,18-19H,7,16-17H2,1-6H3,(H,26,30). The Morgan fingerprint density at radius 2 is 1.74 bits per heavy atom. The molecule has 0 aromatic heterocycles. The molecule has 2 amide bonds. The fourth-order valence-corrected chi connectivity index (χ4v) is 4.48. The van der Waals surface area contributed by atoms with E-state index in [0.29, 0.717) is 17.9 Å². The monoisotopic (exact) mass is 489 g/mol. The van der Waals surface area contributed by atoms with Crippen LogP contribution in [0.15, 0.2) is 48.5 Å². The zero-order chi connectivity index (χ0) is 25.5. The van der Waals surface area contributed by atoms with Crippen LogP contribution in [0.1, 0.15) is 38.8 Å². The Morgan fingerprint density at radius 1 is 1.06 bits per heavy atom. The molecule has 0 aliphatic carbocycles. The highest BCUT2D eigenvalue weighted by Gasteiger charge is 2.30. The lowest BCUT2D eigenvalue weighted by atomic mass is 10.1. The van der Waals surface area contributed by atoms with Crippen molar-refractivity contribution >= 4 is 27.5 Å². The number of hydrogen-bond donors (Lipinski definition) is 1. The lowest BCUT2D eigenvalue weighted by Crippen LogP contribution is -2.52. The molecule has 9 heteroatoms. The summed E-state index contributed by atoms with van der Waals surface area (Å²) in [6.07, 6.45) is 1.69. The van der Waals surface area contributed by atoms with Crippen molar-refractivity contribution in [2.45, 2.75) is 52.7 Å². The summed E-state index contributed by atoms with van der Waals surface area (Å²) in [5.41, 5.74) is 2.03. The second kappa shape index (κ2) is 11.9. The highest BCUT2D eigenvalue weighted by atomic mass is 32.2. The Kier molecular flexibility index (Phi) is 9.49. The van der Waals surface area contributed by atoms with E-state index in [9.17, 15) is 18.0 Å². The second-order valence-electron chi connectivity index (χ2n) is 8.46. The molecule has 0 saturated heterocycles. The first kappa shape index (κ1) is 27.2. The molecule has 0 saturated carbocycles. The first-order valence-electron chi connectivity index (χ1n) is 11.3. The minimum Gasteiger partial charge on any atom is -0.497 e. The number of methoxy groups -OCH3 is 1. The molecule has 0 aliphatic heterocycles. The zero-order valence-electron chi connectivity index (χ0n) is 20.7. The minimum atomic E-state index is -3.76. The van der Waals surface area contributed by atoms with E-state index in [1.807, 2.05) is 39.0 Å². The number of rotatable bonds is 11. The number of hydrogen-bond acceptors (Lipinski definition) is 5. The normalized spacial score (nSPS) is 12.2. The number of aryl methyl sites for hydroxylation is 1. The summed E-state index contributed by atoms with van der Waals surface area (Å²) in [5.74, 6) is -0.171. The SMILES string of the molecule is CCc1ccccc1N(CC(=O)N(Cc1cccc(OC)c1)C(C)C(=O)NC(C)C)S(C)(=O)=O. The van der Waals surface area contributed by atoms with Crippen molar-refractivity contribution in [2.24, 2.45) is 0 Å². The van der Waals surface area contributed by atoms with Gasteiger partial charge in [0, 0.05) is 12.6 Å². The number of carbonyl (C=O) groups is 2. The maximum Gasteiger partial charge on any atom is 0.244 e. The second-order valence-corrected chi connectivity index (χ2v) is 10.4. The molecule has 0 spiro atoms. The zero-order valence-corrected chi connectivity index (χ0v) is 21.6. The number of carbonyl (C=O) groups excluding carboxylic acids is 2. The fourth-order valence-electron chi connectivity index (χ4n) is 3.60. The maximum absolute atomic E-state index is 13.6. The van der Waals surface area contributed by atoms with Gasteiger partial charge >= 0.3 is 0 Å². The van der Waals surface area contributed by atoms with E-state index < -0.39 is 28.5 Å². The molecular formula is C25H35N3O5S. The average Bonchev–Trinajstić information content (AvgIpc) is 2.79. The van der Waals surface area contributed by atoms with Crippen molar-refractivity contribution in [2.75, 3.05) is 24.2 Å². The third-order valence-electron chi connectivity index (χ3n) is 5.41. The first-order valence-corrected chi connectivity index (χ1v) is 13.1. The molecule has 2 aromatic carbocycles. The Balaban J connectivity index is 2.44. The molecular weight excluding hydrogens is 454 g/mol. The number of nitrogens with zero attached hydrogens (tertiary/aromatic N) is 2. The third-order valence-corrected chi connectivity index (χ3v) is 6.53. The van der Waals surface area contributed by atoms with Crippen LogP contribution in [0.3, 0.4) is 0 Å². The number of para-hydroxylation sites is 1. The molecule has 0 bridgehead atoms. The Bertz CT molecular complexity index is 1100. The summed E-state index contributed by atoms with van der Waals surface area (Å²) in [7, 11) is -2.21. The predicted octanol–water partition coefficient (Wildman–Crippen LogP) is 2.97. The number of ether oxygens (including phenoxy) is 1. The summed E-state index contributed by atoms with van der Waals surface area (Å²) in [6.45, 7) is 6.95. The summed E-state index contributed by atoms with van der Waals surface area (Å²) in [5, 5.41) is 2.83. The molecule has 34 heavy (non-hydrogen) atoms. The highest BCUT2D eigenvalue weighted by Crippen LogP contribution is 2.24. The quantitative estimate of drug-likeness (QED) is 0.524. The molecule has 1 N–H and O–H groups in total. The van der Waals surface area contributed by atoms with E-state index in [1.54, 1.807) is 44.4 Å². The molecule has 0 radical (unpaired) electrons. The predicted molar refractivity (Wildman–Crippen MR) is 134 cm³/mol. The summed E-state index contributed by atoms with van der Waals surface area (Å²) in [6, 6.07) is 13.4. The summed E-state index contributed by atoms with van der Waals surface area (Å²) < 4.78 is 31.8. The van der Waals surface area contributed by atoms with Crippen LogP contribution >= 0.6 is 0 Å². The number of nitrogens with one attached hydrogen (secondary N) is 1. The molecule has 2 aromatic rings. The fraction of sp³-hybridized carbons (Fsp3) is 0.440. The van der Waals surface area contributed by atoms with Crippen molar-refractivity contribution in [3.05, 3.63) is 59.7 Å². The smallest absolute Gasteiger partial charge is 0.244 e. The topological polar surface area (TPSA) is 96.0 Å². The molecule has 0 fully saturated rings. The van der Waals surface area contributed by atoms with Gasteiger partial charge in [0.15, 0.2) is 0 Å². The van der Waals surface area contributed by atoms with Crippen molar-refractivity contribution in [1.82, 2.24) is 10.2 Å². The van der Waals surface area contributed by atoms with Gasteiger partial charge in [0.05, 0.1) is 19.1 Å². The van der Waals surface area contributed by atoms with Crippen molar-refractivity contribution < 1.29 is 22.7 Å². The van der Waals surface area contributed by atoms with Crippen LogP contribution in [0.2, 0.25) is 0 Å². The van der Waals surface area contributed by atoms with Gasteiger partial charge in [-0.05, 0) is 56.5 Å². The first-order chi connectivity index (χ1) is 16.0. The van der Waals surface area contributed by atoms with Crippen molar-refractivity contribution in [3.63, 3.8) is 0 Å². The number of benzene rings is 2. The van der Waals surface area contributed by atoms with Crippen molar-refractivity contribution in [1.29, 1.82) is 0 Å². The molecule has 1 unspecified atom stereocenters. The molecule has 2 rings (SSSR count). The minimum absolute atomic E-state index is 0.104. The van der Waals surface area contributed by atoms with Crippen LogP contribution in [-0.2, 0) is 32.6 Å². The van der Waals surface area contributed by atoms with Crippen LogP contribution in [-0.4, -0.2) is 57.1 Å². The van der Waals surface area contributed by atoms with Gasteiger partial charge in [0.1, 0.15) is 18.3 Å². The van der Waals surface area contributed by atoms with E-state index in [1.165, 1.54) is 4.90 Å². The lowest BCUT2D eigenvalue weighted by molar-refractivity contribution is -0.139. The number of anilines is 1. The van der Waals surface area contributed by atoms with Crippen LogP contribution in [0.5, 0.6) is 5.75 Å². The average molecular weight is 490 g/mol. The van der Waals surface area contributed by atoms with Gasteiger partial charge in [-0.2, -0.15) is 0 Å². The van der Waals surface area contributed by atoms with Gasteiger partial charge < -0.3 is 15.0 Å². The van der Waals surface area contributed by atoms with E-state index in [0.717, 1.165) is 21.7 Å². The van der Waals surface area contributed by atoms with Gasteiger partial charge in [0.2, 0.25) is 21.8 Å². The van der Waals surface area contributed by atoms with Gasteiger partial charge in [-0.25, -0.2) is 8.42 Å². The molecule has 186 valence electrons. The maximum atomic E-state index is 13.6. The van der Waals surface area contributed by atoms with E-state index >= 15 is 0 Å². The summed E-state index contributed by atoms with van der Waals surface area (Å²) in [4.78, 5) is 27.8. The van der Waals surface area contributed by atoms with Crippen LogP contribution in [0.4, 0.5) is 5.69 Å². The number of sulfonamides is 1. The van der Waals surface area contributed by atoms with Gasteiger partial charge in [-0.15, -0.1) is 0 Å².